The first-order chi connectivity index (χ1) is 22.1. The average molecular weight is 696 g/mol. The Morgan fingerprint density at radius 2 is 2.00 bits per heavy atom. The highest BCUT2D eigenvalue weighted by Crippen LogP contribution is 2.42. The number of nitrogens with one attached hydrogen (secondary N) is 1. The number of esters is 1. The molecule has 2 amide bonds. The summed E-state index contributed by atoms with van der Waals surface area (Å²) >= 11 is 3.97. The van der Waals surface area contributed by atoms with Gasteiger partial charge in [-0.2, -0.15) is 0 Å². The first-order valence-electron chi connectivity index (χ1n) is 14.9. The molecule has 2 aliphatic heterocycles. The molecule has 1 saturated carbocycles. The van der Waals surface area contributed by atoms with Crippen molar-refractivity contribution in [3.05, 3.63) is 22.3 Å². The number of hydrogen-bond donors (Lipinski definition) is 2. The van der Waals surface area contributed by atoms with Crippen LogP contribution in [0.4, 0.5) is 9.93 Å². The third kappa shape index (κ3) is 8.48. The van der Waals surface area contributed by atoms with Crippen LogP contribution in [0.15, 0.2) is 21.8 Å². The van der Waals surface area contributed by atoms with Crippen molar-refractivity contribution in [2.45, 2.75) is 81.0 Å². The maximum Gasteiger partial charge on any atom is 0.511 e. The molecule has 2 unspecified atom stereocenters. The lowest BCUT2D eigenvalue weighted by atomic mass is 9.98. The van der Waals surface area contributed by atoms with E-state index in [0.717, 1.165) is 38.6 Å². The van der Waals surface area contributed by atoms with Crippen LogP contribution >= 0.6 is 34.9 Å². The monoisotopic (exact) mass is 695 g/mol. The minimum atomic E-state index is -1.27. The van der Waals surface area contributed by atoms with Crippen LogP contribution in [0, 0.1) is 0 Å². The van der Waals surface area contributed by atoms with Gasteiger partial charge >= 0.3 is 12.1 Å². The second-order valence-electron chi connectivity index (χ2n) is 11.3. The van der Waals surface area contributed by atoms with E-state index >= 15 is 0 Å². The van der Waals surface area contributed by atoms with E-state index in [-0.39, 0.29) is 29.9 Å². The van der Waals surface area contributed by atoms with Gasteiger partial charge in [0.15, 0.2) is 5.13 Å². The number of tetrazole rings is 1. The van der Waals surface area contributed by atoms with Gasteiger partial charge in [-0.1, -0.05) is 18.2 Å². The Hall–Kier alpha value is -3.42. The summed E-state index contributed by atoms with van der Waals surface area (Å²) in [5, 5.41) is 16.8. The highest BCUT2D eigenvalue weighted by atomic mass is 32.2. The van der Waals surface area contributed by atoms with Crippen LogP contribution in [0.25, 0.3) is 0 Å². The zero-order chi connectivity index (χ0) is 32.8. The van der Waals surface area contributed by atoms with E-state index in [4.69, 9.17) is 19.9 Å². The number of carbonyl (C=O) groups excluding carboxylic acids is 4. The van der Waals surface area contributed by atoms with Crippen molar-refractivity contribution in [3.8, 4) is 0 Å². The topological polar surface area (TPSA) is 197 Å². The summed E-state index contributed by atoms with van der Waals surface area (Å²) in [7, 11) is 3.90. The second kappa shape index (κ2) is 15.4. The number of ether oxygens (including phenoxy) is 3. The molecule has 4 heterocycles. The number of thioether (sulfide) groups is 2. The van der Waals surface area contributed by atoms with Crippen LogP contribution in [0.3, 0.4) is 0 Å². The molecule has 16 nitrogen and oxygen atoms in total. The number of hydrogen-bond acceptors (Lipinski definition) is 16. The van der Waals surface area contributed by atoms with Gasteiger partial charge in [-0.25, -0.2) is 19.3 Å². The van der Waals surface area contributed by atoms with Gasteiger partial charge in [-0.3, -0.25) is 14.5 Å². The van der Waals surface area contributed by atoms with E-state index in [1.54, 1.807) is 10.1 Å². The molecule has 3 atom stereocenters. The van der Waals surface area contributed by atoms with Gasteiger partial charge in [-0.05, 0) is 55.8 Å². The molecule has 0 aromatic carbocycles. The van der Waals surface area contributed by atoms with Crippen molar-refractivity contribution in [1.29, 1.82) is 0 Å². The third-order valence-electron chi connectivity index (χ3n) is 7.45. The molecule has 5 rings (SSSR count). The molecule has 0 spiro atoms. The normalized spacial score (nSPS) is 20.6. The summed E-state index contributed by atoms with van der Waals surface area (Å²) in [6.45, 7) is 2.70. The Morgan fingerprint density at radius 1 is 1.22 bits per heavy atom. The summed E-state index contributed by atoms with van der Waals surface area (Å²) in [5.74, 6) is -1.01. The molecule has 46 heavy (non-hydrogen) atoms. The van der Waals surface area contributed by atoms with Crippen molar-refractivity contribution in [2.75, 3.05) is 37.9 Å². The van der Waals surface area contributed by atoms with E-state index in [9.17, 15) is 19.2 Å². The molecule has 0 bridgehead atoms. The number of rotatable bonds is 13. The van der Waals surface area contributed by atoms with Crippen LogP contribution in [-0.2, 0) is 41.6 Å². The predicted octanol–water partition coefficient (Wildman–Crippen LogP) is 1.64. The van der Waals surface area contributed by atoms with Crippen molar-refractivity contribution in [3.63, 3.8) is 0 Å². The number of fused-ring (bicyclic) bond motifs is 1. The summed E-state index contributed by atoms with van der Waals surface area (Å²) in [4.78, 5) is 59.6. The lowest BCUT2D eigenvalue weighted by molar-refractivity contribution is -0.170. The zero-order valence-electron chi connectivity index (χ0n) is 25.7. The van der Waals surface area contributed by atoms with Gasteiger partial charge in [0.25, 0.3) is 5.91 Å². The minimum Gasteiger partial charge on any atom is -0.431 e. The maximum absolute atomic E-state index is 13.6. The highest BCUT2D eigenvalue weighted by Gasteiger charge is 2.54. The highest BCUT2D eigenvalue weighted by molar-refractivity contribution is 8.01. The zero-order valence-corrected chi connectivity index (χ0v) is 28.2. The number of anilines is 1. The van der Waals surface area contributed by atoms with Crippen LogP contribution in [0.1, 0.15) is 44.7 Å². The number of amides is 2. The van der Waals surface area contributed by atoms with Crippen molar-refractivity contribution < 1.29 is 33.4 Å². The molecule has 1 aliphatic carbocycles. The number of nitrogen functional groups attached to an aromatic ring is 1. The van der Waals surface area contributed by atoms with Gasteiger partial charge in [0, 0.05) is 30.4 Å². The molecule has 0 radical (unpaired) electrons. The number of nitrogens with two attached hydrogens (primary N) is 1. The summed E-state index contributed by atoms with van der Waals surface area (Å²) < 4.78 is 17.8. The molecule has 19 heteroatoms. The number of thiazole rings is 1. The predicted molar refractivity (Wildman–Crippen MR) is 169 cm³/mol. The SMILES string of the molecule is CC(OC(=O)OC1CCCCC1)OC(=O)C1=C(CSc2nnnn2CCN(C)C)CS[C@H]2C(NC(=O)Cc3csc(N)n3)C(=O)N12. The summed E-state index contributed by atoms with van der Waals surface area (Å²) in [5.41, 5.74) is 6.83. The summed E-state index contributed by atoms with van der Waals surface area (Å²) in [6, 6.07) is -0.844. The quantitative estimate of drug-likeness (QED) is 0.133. The fourth-order valence-corrected chi connectivity index (χ4v) is 8.13. The Kier molecular flexibility index (Phi) is 11.4. The molecule has 250 valence electrons. The average Bonchev–Trinajstić information content (AvgIpc) is 3.65. The largest absolute Gasteiger partial charge is 0.511 e. The van der Waals surface area contributed by atoms with Crippen LogP contribution in [0.5, 0.6) is 0 Å². The molecule has 3 aliphatic rings. The standard InChI is InChI=1S/C27H37N9O7S3/c1-15(42-27(40)43-18-7-5-4-6-8-18)41-24(39)21-16(13-46-26-31-32-33-35(26)10-9-34(2)3)12-44-23-20(22(38)36(21)23)30-19(37)11-17-14-45-25(28)29-17/h14-15,18,20,23H,4-13H2,1-3H3,(H2,28,29)(H,30,37)/t15?,20?,23-/m0/s1. The lowest BCUT2D eigenvalue weighted by Gasteiger charge is -2.49. The van der Waals surface area contributed by atoms with E-state index in [0.29, 0.717) is 33.9 Å². The van der Waals surface area contributed by atoms with E-state index in [1.807, 2.05) is 19.0 Å². The maximum atomic E-state index is 13.6. The summed E-state index contributed by atoms with van der Waals surface area (Å²) in [6.07, 6.45) is 2.14. The lowest BCUT2D eigenvalue weighted by Crippen LogP contribution is -2.70. The van der Waals surface area contributed by atoms with Gasteiger partial charge in [0.2, 0.25) is 17.4 Å². The van der Waals surface area contributed by atoms with Gasteiger partial charge < -0.3 is 30.2 Å². The molecule has 2 aromatic rings. The molecule has 3 N–H and O–H groups in total. The third-order valence-corrected chi connectivity index (χ3v) is 10.6. The second-order valence-corrected chi connectivity index (χ2v) is 14.2. The Bertz CT molecular complexity index is 1460. The Morgan fingerprint density at radius 3 is 2.72 bits per heavy atom. The van der Waals surface area contributed by atoms with Crippen LogP contribution in [0.2, 0.25) is 0 Å². The van der Waals surface area contributed by atoms with Crippen LogP contribution < -0.4 is 11.1 Å². The first-order valence-corrected chi connectivity index (χ1v) is 17.8. The number of likely N-dealkylation sites (N-methyl/N-ethyl adjacent to an activating group) is 1. The van der Waals surface area contributed by atoms with Crippen molar-refractivity contribution in [2.24, 2.45) is 0 Å². The van der Waals surface area contributed by atoms with Crippen molar-refractivity contribution in [1.82, 2.24) is 40.3 Å². The number of nitrogens with zero attached hydrogens (tertiary/aromatic N) is 7. The van der Waals surface area contributed by atoms with E-state index in [2.05, 4.69) is 25.8 Å². The van der Waals surface area contributed by atoms with Crippen molar-refractivity contribution >= 4 is 63.9 Å². The van der Waals surface area contributed by atoms with Gasteiger partial charge in [0.1, 0.15) is 23.2 Å². The number of carbonyl (C=O) groups is 4. The van der Waals surface area contributed by atoms with Gasteiger partial charge in [0.05, 0.1) is 18.7 Å². The van der Waals surface area contributed by atoms with Crippen LogP contribution in [-0.4, -0.2) is 115 Å². The van der Waals surface area contributed by atoms with E-state index in [1.165, 1.54) is 46.7 Å². The van der Waals surface area contributed by atoms with Gasteiger partial charge in [-0.15, -0.1) is 28.2 Å². The molecule has 2 fully saturated rings. The molecule has 2 aromatic heterocycles. The minimum absolute atomic E-state index is 0.0319. The number of β-lactam (4-membered cyclic amide) rings is 1. The first kappa shape index (κ1) is 33.9. The Labute approximate surface area is 278 Å². The fourth-order valence-electron chi connectivity index (χ4n) is 5.18. The molecule has 1 saturated heterocycles. The smallest absolute Gasteiger partial charge is 0.431 e. The Balaban J connectivity index is 1.27. The van der Waals surface area contributed by atoms with E-state index < -0.39 is 35.7 Å². The molecular formula is C27H37N9O7S3. The molecular weight excluding hydrogens is 659 g/mol. The number of aromatic nitrogens is 5. The fraction of sp³-hybridized carbons (Fsp3) is 0.630.